The summed E-state index contributed by atoms with van der Waals surface area (Å²) < 4.78 is 0. The number of carbonyl (C=O) groups is 1. The first-order valence-electron chi connectivity index (χ1n) is 12.6. The van der Waals surface area contributed by atoms with Gasteiger partial charge in [0.2, 0.25) is 0 Å². The van der Waals surface area contributed by atoms with Crippen molar-refractivity contribution < 1.29 is 4.79 Å². The van der Waals surface area contributed by atoms with Gasteiger partial charge in [0.05, 0.1) is 12.4 Å². The van der Waals surface area contributed by atoms with Crippen molar-refractivity contribution in [2.45, 2.75) is 37.9 Å². The number of benzene rings is 1. The van der Waals surface area contributed by atoms with E-state index in [9.17, 15) is 4.79 Å². The van der Waals surface area contributed by atoms with Crippen molar-refractivity contribution in [3.05, 3.63) is 89.9 Å². The molecule has 3 heterocycles. The average molecular weight is 484 g/mol. The summed E-state index contributed by atoms with van der Waals surface area (Å²) in [7, 11) is 0. The molecule has 36 heavy (non-hydrogen) atoms. The highest BCUT2D eigenvalue weighted by Crippen LogP contribution is 2.20. The van der Waals surface area contributed by atoms with E-state index in [0.29, 0.717) is 23.1 Å². The van der Waals surface area contributed by atoms with Crippen LogP contribution in [0.3, 0.4) is 0 Å². The molecule has 1 amide bonds. The summed E-state index contributed by atoms with van der Waals surface area (Å²) in [4.78, 5) is 26.0. The molecule has 1 aromatic heterocycles. The van der Waals surface area contributed by atoms with Crippen LogP contribution in [-0.4, -0.2) is 58.7 Å². The summed E-state index contributed by atoms with van der Waals surface area (Å²) in [5, 5.41) is 6.46. The molecule has 0 spiro atoms. The van der Waals surface area contributed by atoms with Gasteiger partial charge in [0.25, 0.3) is 5.91 Å². The highest BCUT2D eigenvalue weighted by atomic mass is 16.1. The van der Waals surface area contributed by atoms with Crippen LogP contribution in [0.2, 0.25) is 0 Å². The Kier molecular flexibility index (Phi) is 7.54. The smallest absolute Gasteiger partial charge is 0.255 e. The van der Waals surface area contributed by atoms with Crippen LogP contribution in [0.1, 0.15) is 35.2 Å². The van der Waals surface area contributed by atoms with Crippen molar-refractivity contribution in [1.29, 1.82) is 0 Å². The van der Waals surface area contributed by atoms with Crippen molar-refractivity contribution in [1.82, 2.24) is 14.8 Å². The first-order valence-corrected chi connectivity index (χ1v) is 12.6. The van der Waals surface area contributed by atoms with E-state index in [4.69, 9.17) is 5.73 Å². The lowest BCUT2D eigenvalue weighted by atomic mass is 10.0. The second kappa shape index (κ2) is 11.3. The lowest BCUT2D eigenvalue weighted by Crippen LogP contribution is -2.39. The third-order valence-corrected chi connectivity index (χ3v) is 6.69. The highest BCUT2D eigenvalue weighted by molar-refractivity contribution is 6.04. The third kappa shape index (κ3) is 6.27. The Morgan fingerprint density at radius 1 is 1.11 bits per heavy atom. The van der Waals surface area contributed by atoms with E-state index in [-0.39, 0.29) is 11.9 Å². The summed E-state index contributed by atoms with van der Waals surface area (Å²) in [6.07, 6.45) is 16.8. The van der Waals surface area contributed by atoms with Crippen LogP contribution in [0.15, 0.2) is 83.8 Å². The Morgan fingerprint density at radius 3 is 2.72 bits per heavy atom. The Labute approximate surface area is 212 Å². The van der Waals surface area contributed by atoms with Gasteiger partial charge < -0.3 is 21.3 Å². The molecule has 8 heteroatoms. The van der Waals surface area contributed by atoms with Gasteiger partial charge in [-0.1, -0.05) is 18.2 Å². The Balaban J connectivity index is 1.17. The molecule has 2 aromatic rings. The van der Waals surface area contributed by atoms with E-state index in [1.807, 2.05) is 48.9 Å². The van der Waals surface area contributed by atoms with Crippen molar-refractivity contribution >= 4 is 23.8 Å². The Bertz CT molecular complexity index is 1180. The number of nitrogens with two attached hydrogens (primary N) is 1. The number of aromatic nitrogens is 1. The number of hydrogen-bond donors (Lipinski definition) is 3. The predicted molar refractivity (Wildman–Crippen MR) is 145 cm³/mol. The number of aliphatic imine (C=N–C) groups is 1. The van der Waals surface area contributed by atoms with Gasteiger partial charge >= 0.3 is 0 Å². The fourth-order valence-electron chi connectivity index (χ4n) is 4.63. The molecule has 4 N–H and O–H groups in total. The first-order chi connectivity index (χ1) is 17.6. The maximum Gasteiger partial charge on any atom is 0.255 e. The first kappa shape index (κ1) is 24.0. The van der Waals surface area contributed by atoms with Crippen molar-refractivity contribution in [3.63, 3.8) is 0 Å². The van der Waals surface area contributed by atoms with Gasteiger partial charge in [-0.25, -0.2) is 9.98 Å². The van der Waals surface area contributed by atoms with Gasteiger partial charge in [0.15, 0.2) is 0 Å². The fourth-order valence-corrected chi connectivity index (χ4v) is 4.63. The van der Waals surface area contributed by atoms with E-state index >= 15 is 0 Å². The Hall–Kier alpha value is -3.75. The molecule has 2 aliphatic heterocycles. The molecule has 1 aromatic carbocycles. The van der Waals surface area contributed by atoms with E-state index in [0.717, 1.165) is 51.1 Å². The number of hydrogen-bond acceptors (Lipinski definition) is 7. The van der Waals surface area contributed by atoms with E-state index < -0.39 is 0 Å². The molecule has 0 bridgehead atoms. The summed E-state index contributed by atoms with van der Waals surface area (Å²) in [5.74, 6) is 0.579. The molecule has 186 valence electrons. The number of amides is 1. The zero-order valence-electron chi connectivity index (χ0n) is 20.4. The van der Waals surface area contributed by atoms with Crippen LogP contribution >= 0.6 is 0 Å². The molecule has 1 fully saturated rings. The molecule has 5 rings (SSSR count). The molecule has 0 saturated carbocycles. The molecule has 8 nitrogen and oxygen atoms in total. The quantitative estimate of drug-likeness (QED) is 0.555. The standard InChI is InChI=1S/C28H33N7O/c29-23-10-15-34(16-11-23)19-21-5-7-22(8-6-21)28(36)33-25-9-13-31-27(18-25)32-24-3-1-4-26(17-24)35-14-2-12-30-20-35/h1-2,4-9,12-13,17-18,20,23-24H,3,10-11,14-16,19,29H2,(H2,31,32,33,36). The van der Waals surface area contributed by atoms with Gasteiger partial charge in [0.1, 0.15) is 5.82 Å². The van der Waals surface area contributed by atoms with E-state index in [1.54, 1.807) is 12.3 Å². The molecule has 3 aliphatic rings. The van der Waals surface area contributed by atoms with Crippen LogP contribution in [0.5, 0.6) is 0 Å². The van der Waals surface area contributed by atoms with Gasteiger partial charge in [-0.15, -0.1) is 0 Å². The number of carbonyl (C=O) groups excluding carboxylic acids is 1. The van der Waals surface area contributed by atoms with Crippen molar-refractivity contribution in [2.24, 2.45) is 10.7 Å². The minimum absolute atomic E-state index is 0.103. The molecule has 1 saturated heterocycles. The van der Waals surface area contributed by atoms with Crippen LogP contribution in [0, 0.1) is 0 Å². The van der Waals surface area contributed by atoms with Crippen LogP contribution in [0.4, 0.5) is 11.5 Å². The van der Waals surface area contributed by atoms with Crippen LogP contribution in [-0.2, 0) is 6.54 Å². The molecular weight excluding hydrogens is 450 g/mol. The minimum Gasteiger partial charge on any atom is -0.363 e. The van der Waals surface area contributed by atoms with Crippen molar-refractivity contribution in [3.8, 4) is 0 Å². The maximum absolute atomic E-state index is 12.9. The highest BCUT2D eigenvalue weighted by Gasteiger charge is 2.17. The average Bonchev–Trinajstić information content (AvgIpc) is 2.91. The lowest BCUT2D eigenvalue weighted by molar-refractivity contribution is 0.102. The fraction of sp³-hybridized carbons (Fsp3) is 0.321. The summed E-state index contributed by atoms with van der Waals surface area (Å²) in [5.41, 5.74) is 9.65. The number of likely N-dealkylation sites (tertiary alicyclic amines) is 1. The minimum atomic E-state index is -0.136. The van der Waals surface area contributed by atoms with Gasteiger partial charge in [0, 0.05) is 54.5 Å². The number of nitrogens with zero attached hydrogens (tertiary/aromatic N) is 4. The molecule has 1 aliphatic carbocycles. The Morgan fingerprint density at radius 2 is 1.94 bits per heavy atom. The van der Waals surface area contributed by atoms with Gasteiger partial charge in [-0.05, 0) is 74.3 Å². The molecular formula is C28H33N7O. The molecule has 1 atom stereocenters. The monoisotopic (exact) mass is 483 g/mol. The molecule has 1 unspecified atom stereocenters. The number of allylic oxidation sites excluding steroid dienone is 1. The normalized spacial score (nSPS) is 20.3. The number of pyridine rings is 1. The lowest BCUT2D eigenvalue weighted by Gasteiger charge is -2.30. The van der Waals surface area contributed by atoms with Crippen LogP contribution < -0.4 is 16.4 Å². The third-order valence-electron chi connectivity index (χ3n) is 6.69. The maximum atomic E-state index is 12.9. The zero-order chi connectivity index (χ0) is 24.7. The number of rotatable bonds is 7. The van der Waals surface area contributed by atoms with Gasteiger partial charge in [-0.2, -0.15) is 0 Å². The van der Waals surface area contributed by atoms with Gasteiger partial charge in [-0.3, -0.25) is 9.69 Å². The number of piperidine rings is 1. The summed E-state index contributed by atoms with van der Waals surface area (Å²) in [6, 6.07) is 11.9. The largest absolute Gasteiger partial charge is 0.363 e. The number of anilines is 2. The SMILES string of the molecule is NC1CCN(Cc2ccc(C(=O)Nc3ccnc(NC4C=C(N5C=NC=CC5)C=CC4)c3)cc2)CC1. The van der Waals surface area contributed by atoms with E-state index in [2.05, 4.69) is 48.6 Å². The van der Waals surface area contributed by atoms with Crippen molar-refractivity contribution in [2.75, 3.05) is 30.3 Å². The second-order valence-corrected chi connectivity index (χ2v) is 9.48. The summed E-state index contributed by atoms with van der Waals surface area (Å²) >= 11 is 0. The second-order valence-electron chi connectivity index (χ2n) is 9.48. The zero-order valence-corrected chi connectivity index (χ0v) is 20.4. The van der Waals surface area contributed by atoms with Crippen LogP contribution in [0.25, 0.3) is 0 Å². The number of nitrogens with one attached hydrogen (secondary N) is 2. The predicted octanol–water partition coefficient (Wildman–Crippen LogP) is 3.74. The van der Waals surface area contributed by atoms with E-state index in [1.165, 1.54) is 5.56 Å². The summed E-state index contributed by atoms with van der Waals surface area (Å²) in [6.45, 7) is 3.75. The molecule has 0 radical (unpaired) electrons. The topological polar surface area (TPSA) is 98.9 Å².